The Morgan fingerprint density at radius 1 is 1.44 bits per heavy atom. The highest BCUT2D eigenvalue weighted by atomic mass is 16.5. The standard InChI is InChI=1S/C8H13O/c1-3-5-6-8-9-7-4-2/h2H,1,3,5-8H2. The van der Waals surface area contributed by atoms with Crippen molar-refractivity contribution in [3.05, 3.63) is 6.92 Å². The molecule has 0 saturated carbocycles. The Morgan fingerprint density at radius 3 is 2.78 bits per heavy atom. The fraction of sp³-hybridized carbons (Fsp3) is 0.625. The molecule has 1 radical (unpaired) electrons. The monoisotopic (exact) mass is 125 g/mol. The largest absolute Gasteiger partial charge is 0.369 e. The smallest absolute Gasteiger partial charge is 0.107 e. The van der Waals surface area contributed by atoms with Crippen molar-refractivity contribution in [1.29, 1.82) is 0 Å². The van der Waals surface area contributed by atoms with Crippen molar-refractivity contribution in [2.45, 2.75) is 19.3 Å². The van der Waals surface area contributed by atoms with Crippen molar-refractivity contribution in [1.82, 2.24) is 0 Å². The average Bonchev–Trinajstić information content (AvgIpc) is 1.89. The van der Waals surface area contributed by atoms with E-state index in [1.54, 1.807) is 0 Å². The second-order valence-electron chi connectivity index (χ2n) is 1.82. The van der Waals surface area contributed by atoms with Gasteiger partial charge >= 0.3 is 0 Å². The van der Waals surface area contributed by atoms with Crippen LogP contribution in [0.1, 0.15) is 19.3 Å². The van der Waals surface area contributed by atoms with Gasteiger partial charge in [0, 0.05) is 6.61 Å². The van der Waals surface area contributed by atoms with Gasteiger partial charge in [0.05, 0.1) is 0 Å². The highest BCUT2D eigenvalue weighted by Gasteiger charge is 1.83. The minimum atomic E-state index is 0.442. The zero-order valence-corrected chi connectivity index (χ0v) is 5.73. The van der Waals surface area contributed by atoms with Gasteiger partial charge in [0.1, 0.15) is 6.61 Å². The molecular weight excluding hydrogens is 112 g/mol. The average molecular weight is 125 g/mol. The molecule has 9 heavy (non-hydrogen) atoms. The fourth-order valence-corrected chi connectivity index (χ4v) is 0.512. The lowest BCUT2D eigenvalue weighted by molar-refractivity contribution is 0.162. The second-order valence-corrected chi connectivity index (χ2v) is 1.82. The van der Waals surface area contributed by atoms with Crippen LogP contribution < -0.4 is 0 Å². The maximum Gasteiger partial charge on any atom is 0.107 e. The summed E-state index contributed by atoms with van der Waals surface area (Å²) in [6.07, 6.45) is 8.15. The lowest BCUT2D eigenvalue weighted by Crippen LogP contribution is -1.93. The van der Waals surface area contributed by atoms with Crippen LogP contribution in [0.4, 0.5) is 0 Å². The molecule has 0 atom stereocenters. The molecule has 0 spiro atoms. The van der Waals surface area contributed by atoms with E-state index < -0.39 is 0 Å². The lowest BCUT2D eigenvalue weighted by atomic mass is 10.3. The topological polar surface area (TPSA) is 9.23 Å². The molecule has 1 nitrogen and oxygen atoms in total. The molecule has 51 valence electrons. The van der Waals surface area contributed by atoms with Crippen LogP contribution in [0.3, 0.4) is 0 Å². The Bertz CT molecular complexity index is 81.1. The van der Waals surface area contributed by atoms with E-state index in [0.717, 1.165) is 25.9 Å². The molecule has 0 aromatic rings. The Balaban J connectivity index is 2.69. The minimum Gasteiger partial charge on any atom is -0.369 e. The third kappa shape index (κ3) is 7.52. The summed E-state index contributed by atoms with van der Waals surface area (Å²) in [5.41, 5.74) is 0. The summed E-state index contributed by atoms with van der Waals surface area (Å²) in [6, 6.07) is 0. The summed E-state index contributed by atoms with van der Waals surface area (Å²) in [7, 11) is 0. The Hall–Kier alpha value is -0.480. The molecule has 1 heteroatoms. The van der Waals surface area contributed by atoms with Crippen molar-refractivity contribution in [2.75, 3.05) is 13.2 Å². The molecule has 0 N–H and O–H groups in total. The number of ether oxygens (including phenoxy) is 1. The maximum atomic E-state index is 5.02. The molecule has 0 fully saturated rings. The summed E-state index contributed by atoms with van der Waals surface area (Å²) in [5, 5.41) is 0. The van der Waals surface area contributed by atoms with Crippen LogP contribution in [0.15, 0.2) is 0 Å². The third-order valence-corrected chi connectivity index (χ3v) is 0.974. The highest BCUT2D eigenvalue weighted by Crippen LogP contribution is 1.92. The first-order valence-corrected chi connectivity index (χ1v) is 3.22. The Labute approximate surface area is 57.4 Å². The summed E-state index contributed by atoms with van der Waals surface area (Å²) in [4.78, 5) is 0. The van der Waals surface area contributed by atoms with Crippen molar-refractivity contribution in [3.8, 4) is 12.3 Å². The van der Waals surface area contributed by atoms with Crippen LogP contribution in [-0.2, 0) is 4.74 Å². The van der Waals surface area contributed by atoms with Gasteiger partial charge in [0.15, 0.2) is 0 Å². The third-order valence-electron chi connectivity index (χ3n) is 0.974. The molecule has 0 aromatic carbocycles. The molecule has 0 aromatic heterocycles. The van der Waals surface area contributed by atoms with Crippen molar-refractivity contribution >= 4 is 0 Å². The number of rotatable bonds is 5. The predicted octanol–water partition coefficient (Wildman–Crippen LogP) is 1.64. The molecule has 0 rings (SSSR count). The molecule has 0 amide bonds. The molecular formula is C8H13O. The van der Waals surface area contributed by atoms with E-state index in [4.69, 9.17) is 11.2 Å². The van der Waals surface area contributed by atoms with E-state index in [1.807, 2.05) is 0 Å². The van der Waals surface area contributed by atoms with Gasteiger partial charge in [-0.25, -0.2) is 0 Å². The molecule has 0 aliphatic heterocycles. The predicted molar refractivity (Wildman–Crippen MR) is 38.9 cm³/mol. The van der Waals surface area contributed by atoms with Gasteiger partial charge in [-0.05, 0) is 6.42 Å². The molecule has 0 aliphatic rings. The van der Waals surface area contributed by atoms with Gasteiger partial charge in [-0.15, -0.1) is 6.42 Å². The van der Waals surface area contributed by atoms with Gasteiger partial charge in [0.25, 0.3) is 0 Å². The van der Waals surface area contributed by atoms with E-state index in [-0.39, 0.29) is 0 Å². The first kappa shape index (κ1) is 8.52. The van der Waals surface area contributed by atoms with Crippen LogP contribution in [0, 0.1) is 19.3 Å². The van der Waals surface area contributed by atoms with Crippen LogP contribution >= 0.6 is 0 Å². The van der Waals surface area contributed by atoms with Crippen LogP contribution in [0.25, 0.3) is 0 Å². The lowest BCUT2D eigenvalue weighted by Gasteiger charge is -1.96. The van der Waals surface area contributed by atoms with Crippen LogP contribution in [0.2, 0.25) is 0 Å². The van der Waals surface area contributed by atoms with E-state index in [2.05, 4.69) is 12.8 Å². The maximum absolute atomic E-state index is 5.02. The van der Waals surface area contributed by atoms with Crippen LogP contribution in [-0.4, -0.2) is 13.2 Å². The minimum absolute atomic E-state index is 0.442. The Morgan fingerprint density at radius 2 is 2.22 bits per heavy atom. The van der Waals surface area contributed by atoms with E-state index in [9.17, 15) is 0 Å². The van der Waals surface area contributed by atoms with Gasteiger partial charge in [-0.2, -0.15) is 0 Å². The number of unbranched alkanes of at least 4 members (excludes halogenated alkanes) is 2. The zero-order chi connectivity index (χ0) is 6.95. The summed E-state index contributed by atoms with van der Waals surface area (Å²) in [5.74, 6) is 2.41. The first-order chi connectivity index (χ1) is 4.41. The summed E-state index contributed by atoms with van der Waals surface area (Å²) >= 11 is 0. The number of hydrogen-bond acceptors (Lipinski definition) is 1. The molecule has 0 saturated heterocycles. The van der Waals surface area contributed by atoms with E-state index >= 15 is 0 Å². The summed E-state index contributed by atoms with van der Waals surface area (Å²) < 4.78 is 5.02. The van der Waals surface area contributed by atoms with Crippen molar-refractivity contribution in [3.63, 3.8) is 0 Å². The normalized spacial score (nSPS) is 8.89. The molecule has 0 unspecified atom stereocenters. The highest BCUT2D eigenvalue weighted by molar-refractivity contribution is 4.82. The first-order valence-electron chi connectivity index (χ1n) is 3.22. The van der Waals surface area contributed by atoms with E-state index in [1.165, 1.54) is 0 Å². The van der Waals surface area contributed by atoms with Crippen LogP contribution in [0.5, 0.6) is 0 Å². The van der Waals surface area contributed by atoms with Crippen molar-refractivity contribution < 1.29 is 4.74 Å². The van der Waals surface area contributed by atoms with Gasteiger partial charge in [-0.3, -0.25) is 0 Å². The van der Waals surface area contributed by atoms with E-state index in [0.29, 0.717) is 6.61 Å². The summed E-state index contributed by atoms with van der Waals surface area (Å²) in [6.45, 7) is 4.93. The number of terminal acetylenes is 1. The molecule has 0 bridgehead atoms. The zero-order valence-electron chi connectivity index (χ0n) is 5.73. The van der Waals surface area contributed by atoms with Gasteiger partial charge in [0.2, 0.25) is 0 Å². The second kappa shape index (κ2) is 7.52. The molecule has 0 aliphatic carbocycles. The Kier molecular flexibility index (Phi) is 7.12. The quantitative estimate of drug-likeness (QED) is 0.401. The fourth-order valence-electron chi connectivity index (χ4n) is 0.512. The van der Waals surface area contributed by atoms with Gasteiger partial charge in [-0.1, -0.05) is 25.7 Å². The van der Waals surface area contributed by atoms with Gasteiger partial charge < -0.3 is 4.74 Å². The van der Waals surface area contributed by atoms with Crippen molar-refractivity contribution in [2.24, 2.45) is 0 Å². The SMILES string of the molecule is C#CCOCCCC[CH2]. The number of hydrogen-bond donors (Lipinski definition) is 0. The molecule has 0 heterocycles.